The molecule has 0 aliphatic carbocycles. The van der Waals surface area contributed by atoms with E-state index in [1.807, 2.05) is 0 Å². The number of hydrogen-bond donors (Lipinski definition) is 2. The molecule has 0 heterocycles. The zero-order valence-electron chi connectivity index (χ0n) is 10.3. The van der Waals surface area contributed by atoms with Crippen LogP contribution in [-0.4, -0.2) is 36.3 Å². The van der Waals surface area contributed by atoms with Crippen LogP contribution in [0.25, 0.3) is 0 Å². The fourth-order valence-electron chi connectivity index (χ4n) is 1.13. The van der Waals surface area contributed by atoms with Crippen LogP contribution in [0.1, 0.15) is 34.1 Å². The van der Waals surface area contributed by atoms with Gasteiger partial charge in [0.1, 0.15) is 0 Å². The molecule has 0 aromatic carbocycles. The molecule has 7 heteroatoms. The monoisotopic (exact) mass is 267 g/mol. The molecule has 0 unspecified atom stereocenters. The summed E-state index contributed by atoms with van der Waals surface area (Å²) < 4.78 is 27.8. The highest BCUT2D eigenvalue weighted by Crippen LogP contribution is 2.07. The lowest BCUT2D eigenvalue weighted by atomic mass is 10.1. The molecule has 0 saturated heterocycles. The maximum Gasteiger partial charge on any atom is 0.279 e. The molecule has 16 heavy (non-hydrogen) atoms. The van der Waals surface area contributed by atoms with Crippen LogP contribution < -0.4 is 10.5 Å². The summed E-state index contributed by atoms with van der Waals surface area (Å²) in [5, 5.41) is 0. The van der Waals surface area contributed by atoms with Crippen molar-refractivity contribution in [3.8, 4) is 0 Å². The first-order valence-corrected chi connectivity index (χ1v) is 7.00. The van der Waals surface area contributed by atoms with Crippen LogP contribution in [0.3, 0.4) is 0 Å². The Labute approximate surface area is 104 Å². The van der Waals surface area contributed by atoms with Crippen LogP contribution in [0.15, 0.2) is 0 Å². The van der Waals surface area contributed by atoms with Gasteiger partial charge < -0.3 is 5.73 Å². The Hall–Kier alpha value is -0.240. The lowest BCUT2D eigenvalue weighted by molar-refractivity contribution is 0.402. The average Bonchev–Trinajstić information content (AvgIpc) is 1.98. The van der Waals surface area contributed by atoms with Gasteiger partial charge in [-0.15, -0.1) is 0 Å². The van der Waals surface area contributed by atoms with Gasteiger partial charge in [-0.3, -0.25) is 0 Å². The third-order valence-electron chi connectivity index (χ3n) is 1.74. The van der Waals surface area contributed by atoms with Gasteiger partial charge >= 0.3 is 0 Å². The van der Waals surface area contributed by atoms with Crippen molar-refractivity contribution in [2.45, 2.75) is 39.7 Å². The van der Waals surface area contributed by atoms with Gasteiger partial charge in [-0.25, -0.2) is 0 Å². The van der Waals surface area contributed by atoms with Crippen molar-refractivity contribution < 1.29 is 8.42 Å². The van der Waals surface area contributed by atoms with Gasteiger partial charge in [-0.2, -0.15) is 17.4 Å². The Morgan fingerprint density at radius 2 is 1.94 bits per heavy atom. The molecule has 0 bridgehead atoms. The standard InChI is InChI=1S/C9H21N3O2S2/c1-5-12(7-6-8(10)15)16(13,14)11-9(2,3)4/h11H,5-7H2,1-4H3,(H2,10,15). The molecule has 0 spiro atoms. The lowest BCUT2D eigenvalue weighted by Crippen LogP contribution is -2.49. The van der Waals surface area contributed by atoms with Crippen molar-refractivity contribution in [1.82, 2.24) is 9.03 Å². The second-order valence-electron chi connectivity index (χ2n) is 4.57. The molecule has 3 N–H and O–H groups in total. The van der Waals surface area contributed by atoms with E-state index in [4.69, 9.17) is 18.0 Å². The summed E-state index contributed by atoms with van der Waals surface area (Å²) in [5.41, 5.74) is 4.86. The molecule has 0 saturated carbocycles. The van der Waals surface area contributed by atoms with Crippen molar-refractivity contribution in [2.75, 3.05) is 13.1 Å². The Kier molecular flexibility index (Phi) is 5.81. The molecule has 0 aromatic rings. The molecule has 0 radical (unpaired) electrons. The number of nitrogens with zero attached hydrogens (tertiary/aromatic N) is 1. The van der Waals surface area contributed by atoms with Crippen molar-refractivity contribution in [1.29, 1.82) is 0 Å². The number of hydrogen-bond acceptors (Lipinski definition) is 3. The highest BCUT2D eigenvalue weighted by molar-refractivity contribution is 7.87. The van der Waals surface area contributed by atoms with Crippen LogP contribution in [0.2, 0.25) is 0 Å². The van der Waals surface area contributed by atoms with E-state index in [1.165, 1.54) is 4.31 Å². The molecule has 0 rings (SSSR count). The summed E-state index contributed by atoms with van der Waals surface area (Å²) in [6.45, 7) is 7.89. The van der Waals surface area contributed by atoms with Crippen LogP contribution in [0, 0.1) is 0 Å². The number of thiocarbonyl (C=S) groups is 1. The van der Waals surface area contributed by atoms with Crippen LogP contribution >= 0.6 is 12.2 Å². The summed E-state index contributed by atoms with van der Waals surface area (Å²) in [4.78, 5) is 0.324. The minimum absolute atomic E-state index is 0.317. The first-order valence-electron chi connectivity index (χ1n) is 5.16. The lowest BCUT2D eigenvalue weighted by Gasteiger charge is -2.26. The fraction of sp³-hybridized carbons (Fsp3) is 0.889. The molecule has 0 atom stereocenters. The van der Waals surface area contributed by atoms with E-state index in [0.717, 1.165) is 0 Å². The quantitative estimate of drug-likeness (QED) is 0.692. The minimum atomic E-state index is -3.46. The smallest absolute Gasteiger partial charge is 0.279 e. The van der Waals surface area contributed by atoms with Gasteiger partial charge in [0.25, 0.3) is 10.2 Å². The summed E-state index contributed by atoms with van der Waals surface area (Å²) in [6, 6.07) is 0. The Bertz CT molecular complexity index is 333. The molecule has 0 aliphatic heterocycles. The molecule has 96 valence electrons. The van der Waals surface area contributed by atoms with Gasteiger partial charge in [0, 0.05) is 25.0 Å². The number of nitrogens with two attached hydrogens (primary N) is 1. The summed E-state index contributed by atoms with van der Waals surface area (Å²) >= 11 is 4.73. The molecular formula is C9H21N3O2S2. The first-order chi connectivity index (χ1) is 7.08. The first kappa shape index (κ1) is 15.8. The van der Waals surface area contributed by atoms with Gasteiger partial charge in [-0.05, 0) is 20.8 Å². The van der Waals surface area contributed by atoms with Gasteiger partial charge in [-0.1, -0.05) is 19.1 Å². The van der Waals surface area contributed by atoms with Crippen molar-refractivity contribution in [2.24, 2.45) is 5.73 Å². The van der Waals surface area contributed by atoms with Crippen molar-refractivity contribution in [3.63, 3.8) is 0 Å². The van der Waals surface area contributed by atoms with E-state index in [2.05, 4.69) is 4.72 Å². The number of rotatable bonds is 6. The van der Waals surface area contributed by atoms with E-state index >= 15 is 0 Å². The maximum absolute atomic E-state index is 11.9. The zero-order valence-corrected chi connectivity index (χ0v) is 11.9. The fourth-order valence-corrected chi connectivity index (χ4v) is 2.80. The molecule has 5 nitrogen and oxygen atoms in total. The zero-order chi connectivity index (χ0) is 13.0. The minimum Gasteiger partial charge on any atom is -0.393 e. The summed E-state index contributed by atoms with van der Waals surface area (Å²) in [7, 11) is -3.46. The molecule has 0 aliphatic rings. The Morgan fingerprint density at radius 1 is 1.44 bits per heavy atom. The van der Waals surface area contributed by atoms with Crippen molar-refractivity contribution >= 4 is 27.4 Å². The molecule has 0 amide bonds. The second-order valence-corrected chi connectivity index (χ2v) is 6.76. The van der Waals surface area contributed by atoms with E-state index in [-0.39, 0.29) is 0 Å². The van der Waals surface area contributed by atoms with E-state index in [1.54, 1.807) is 27.7 Å². The largest absolute Gasteiger partial charge is 0.393 e. The molecular weight excluding hydrogens is 246 g/mol. The third-order valence-corrected chi connectivity index (χ3v) is 3.93. The summed E-state index contributed by atoms with van der Waals surface area (Å²) in [6.07, 6.45) is 0.397. The SMILES string of the molecule is CCN(CCC(N)=S)S(=O)(=O)NC(C)(C)C. The van der Waals surface area contributed by atoms with Crippen LogP contribution in [0.5, 0.6) is 0 Å². The third kappa shape index (κ3) is 6.37. The van der Waals surface area contributed by atoms with E-state index in [0.29, 0.717) is 24.5 Å². The second kappa shape index (κ2) is 5.90. The van der Waals surface area contributed by atoms with E-state index in [9.17, 15) is 8.42 Å². The number of nitrogens with one attached hydrogen (secondary N) is 1. The highest BCUT2D eigenvalue weighted by Gasteiger charge is 2.25. The highest BCUT2D eigenvalue weighted by atomic mass is 32.2. The van der Waals surface area contributed by atoms with Gasteiger partial charge in [0.05, 0.1) is 4.99 Å². The summed E-state index contributed by atoms with van der Waals surface area (Å²) in [5.74, 6) is 0. The van der Waals surface area contributed by atoms with E-state index < -0.39 is 15.7 Å². The topological polar surface area (TPSA) is 75.4 Å². The maximum atomic E-state index is 11.9. The van der Waals surface area contributed by atoms with Gasteiger partial charge in [0.2, 0.25) is 0 Å². The predicted molar refractivity (Wildman–Crippen MR) is 70.5 cm³/mol. The predicted octanol–water partition coefficient (Wildman–Crippen LogP) is 0.617. The van der Waals surface area contributed by atoms with Crippen molar-refractivity contribution in [3.05, 3.63) is 0 Å². The van der Waals surface area contributed by atoms with Gasteiger partial charge in [0.15, 0.2) is 0 Å². The Morgan fingerprint density at radius 3 is 2.25 bits per heavy atom. The van der Waals surface area contributed by atoms with Crippen LogP contribution in [-0.2, 0) is 10.2 Å². The van der Waals surface area contributed by atoms with Crippen LogP contribution in [0.4, 0.5) is 0 Å². The normalized spacial score (nSPS) is 13.1. The molecule has 0 fully saturated rings. The Balaban J connectivity index is 4.62. The average molecular weight is 267 g/mol. The molecule has 0 aromatic heterocycles.